The molecule has 0 N–H and O–H groups in total. The number of fused-ring (bicyclic) bond motifs is 2. The van der Waals surface area contributed by atoms with Crippen molar-refractivity contribution in [3.05, 3.63) is 0 Å². The molecule has 2 bridgehead atoms. The molecule has 0 aliphatic carbocycles. The Balaban J connectivity index is 2.13. The van der Waals surface area contributed by atoms with Gasteiger partial charge < -0.3 is 4.90 Å². The highest BCUT2D eigenvalue weighted by Gasteiger charge is 2.37. The molecule has 2 aliphatic rings. The van der Waals surface area contributed by atoms with Crippen molar-refractivity contribution in [1.29, 1.82) is 0 Å². The molecule has 0 aromatic heterocycles. The maximum Gasteiger partial charge on any atom is 0.0121 e. The maximum atomic E-state index is 2.61. The van der Waals surface area contributed by atoms with Crippen molar-refractivity contribution in [1.82, 2.24) is 4.90 Å². The maximum absolute atomic E-state index is 2.61. The van der Waals surface area contributed by atoms with Crippen LogP contribution in [0.15, 0.2) is 0 Å². The van der Waals surface area contributed by atoms with Crippen molar-refractivity contribution >= 4 is 0 Å². The molecular formula is C9H17N. The molecule has 2 rings (SSSR count). The molecule has 0 radical (unpaired) electrons. The van der Waals surface area contributed by atoms with Gasteiger partial charge in [0.1, 0.15) is 0 Å². The third-order valence-electron chi connectivity index (χ3n) is 3.51. The molecule has 0 aromatic carbocycles. The van der Waals surface area contributed by atoms with Gasteiger partial charge in [-0.1, -0.05) is 6.92 Å². The van der Waals surface area contributed by atoms with Crippen LogP contribution >= 0.6 is 0 Å². The predicted molar refractivity (Wildman–Crippen MR) is 43.0 cm³/mol. The lowest BCUT2D eigenvalue weighted by Crippen LogP contribution is -2.40. The highest BCUT2D eigenvalue weighted by atomic mass is 15.2. The van der Waals surface area contributed by atoms with E-state index in [9.17, 15) is 0 Å². The second-order valence-electron chi connectivity index (χ2n) is 4.02. The molecule has 10 heavy (non-hydrogen) atoms. The first kappa shape index (κ1) is 6.66. The molecule has 3 atom stereocenters. The molecule has 2 aliphatic heterocycles. The zero-order chi connectivity index (χ0) is 7.14. The Morgan fingerprint density at radius 2 is 1.80 bits per heavy atom. The average Bonchev–Trinajstić information content (AvgIpc) is 2.13. The smallest absolute Gasteiger partial charge is 0.0121 e. The number of rotatable bonds is 0. The van der Waals surface area contributed by atoms with Crippen LogP contribution in [0.4, 0.5) is 0 Å². The van der Waals surface area contributed by atoms with Crippen molar-refractivity contribution in [2.75, 3.05) is 7.05 Å². The Hall–Kier alpha value is -0.0400. The molecule has 2 fully saturated rings. The Morgan fingerprint density at radius 1 is 1.10 bits per heavy atom. The lowest BCUT2D eigenvalue weighted by Gasteiger charge is -2.35. The number of nitrogens with zero attached hydrogens (tertiary/aromatic N) is 1. The number of hydrogen-bond donors (Lipinski definition) is 0. The summed E-state index contributed by atoms with van der Waals surface area (Å²) >= 11 is 0. The third-order valence-corrected chi connectivity index (χ3v) is 3.51. The van der Waals surface area contributed by atoms with Gasteiger partial charge in [0.05, 0.1) is 0 Å². The molecule has 2 unspecified atom stereocenters. The van der Waals surface area contributed by atoms with Crippen LogP contribution in [0.2, 0.25) is 0 Å². The highest BCUT2D eigenvalue weighted by Crippen LogP contribution is 2.37. The first-order valence-corrected chi connectivity index (χ1v) is 4.51. The Morgan fingerprint density at radius 3 is 2.50 bits per heavy atom. The number of piperidine rings is 1. The molecule has 1 heteroatoms. The van der Waals surface area contributed by atoms with Gasteiger partial charge in [0.25, 0.3) is 0 Å². The summed E-state index contributed by atoms with van der Waals surface area (Å²) in [4.78, 5) is 2.61. The molecule has 1 nitrogen and oxygen atoms in total. The van der Waals surface area contributed by atoms with E-state index in [4.69, 9.17) is 0 Å². The Labute approximate surface area is 63.4 Å². The van der Waals surface area contributed by atoms with E-state index in [2.05, 4.69) is 18.9 Å². The van der Waals surface area contributed by atoms with Crippen LogP contribution < -0.4 is 0 Å². The molecule has 0 spiro atoms. The second kappa shape index (κ2) is 2.23. The van der Waals surface area contributed by atoms with E-state index >= 15 is 0 Å². The molecule has 2 heterocycles. The van der Waals surface area contributed by atoms with Gasteiger partial charge in [0, 0.05) is 12.1 Å². The van der Waals surface area contributed by atoms with E-state index in [0.717, 1.165) is 18.0 Å². The summed E-state index contributed by atoms with van der Waals surface area (Å²) in [6, 6.07) is 1.87. The van der Waals surface area contributed by atoms with E-state index in [-0.39, 0.29) is 0 Å². The van der Waals surface area contributed by atoms with Crippen LogP contribution in [0, 0.1) is 5.92 Å². The molecule has 0 aromatic rings. The summed E-state index contributed by atoms with van der Waals surface area (Å²) in [5, 5.41) is 0. The summed E-state index contributed by atoms with van der Waals surface area (Å²) in [5.41, 5.74) is 0. The first-order chi connectivity index (χ1) is 4.79. The summed E-state index contributed by atoms with van der Waals surface area (Å²) in [6.45, 7) is 2.41. The minimum Gasteiger partial charge on any atom is -0.300 e. The van der Waals surface area contributed by atoms with Crippen molar-refractivity contribution < 1.29 is 0 Å². The van der Waals surface area contributed by atoms with Crippen LogP contribution in [-0.2, 0) is 0 Å². The largest absolute Gasteiger partial charge is 0.300 e. The molecule has 58 valence electrons. The van der Waals surface area contributed by atoms with Gasteiger partial charge in [0.15, 0.2) is 0 Å². The summed E-state index contributed by atoms with van der Waals surface area (Å²) in [5.74, 6) is 0.962. The Kier molecular flexibility index (Phi) is 1.48. The van der Waals surface area contributed by atoms with E-state index in [1.165, 1.54) is 25.7 Å². The lowest BCUT2D eigenvalue weighted by molar-refractivity contribution is 0.130. The van der Waals surface area contributed by atoms with Crippen molar-refractivity contribution in [2.24, 2.45) is 5.92 Å². The van der Waals surface area contributed by atoms with Crippen molar-refractivity contribution in [2.45, 2.75) is 44.7 Å². The SMILES string of the molecule is C[C@H]1CCC2CCC1N2C. The molecule has 0 amide bonds. The second-order valence-corrected chi connectivity index (χ2v) is 4.02. The zero-order valence-corrected chi connectivity index (χ0v) is 7.01. The quantitative estimate of drug-likeness (QED) is 0.495. The lowest BCUT2D eigenvalue weighted by atomic mass is 9.93. The van der Waals surface area contributed by atoms with Gasteiger partial charge >= 0.3 is 0 Å². The minimum atomic E-state index is 0.929. The van der Waals surface area contributed by atoms with Crippen molar-refractivity contribution in [3.8, 4) is 0 Å². The van der Waals surface area contributed by atoms with E-state index in [1.807, 2.05) is 0 Å². The van der Waals surface area contributed by atoms with Gasteiger partial charge in [-0.3, -0.25) is 0 Å². The fourth-order valence-corrected chi connectivity index (χ4v) is 2.72. The fourth-order valence-electron chi connectivity index (χ4n) is 2.72. The number of hydrogen-bond acceptors (Lipinski definition) is 1. The third kappa shape index (κ3) is 0.800. The monoisotopic (exact) mass is 139 g/mol. The average molecular weight is 139 g/mol. The van der Waals surface area contributed by atoms with Gasteiger partial charge in [-0.25, -0.2) is 0 Å². The van der Waals surface area contributed by atoms with Crippen LogP contribution in [0.5, 0.6) is 0 Å². The van der Waals surface area contributed by atoms with Gasteiger partial charge in [-0.05, 0) is 38.6 Å². The predicted octanol–water partition coefficient (Wildman–Crippen LogP) is 1.88. The Bertz CT molecular complexity index is 133. The van der Waals surface area contributed by atoms with Gasteiger partial charge in [-0.15, -0.1) is 0 Å². The molecule has 2 saturated heterocycles. The standard InChI is InChI=1S/C9H17N/c1-7-3-4-8-5-6-9(7)10(8)2/h7-9H,3-6H2,1-2H3/t7-,8?,9?/m0/s1. The first-order valence-electron chi connectivity index (χ1n) is 4.51. The fraction of sp³-hybridized carbons (Fsp3) is 1.00. The zero-order valence-electron chi connectivity index (χ0n) is 7.01. The normalized spacial score (nSPS) is 48.0. The van der Waals surface area contributed by atoms with Gasteiger partial charge in [0.2, 0.25) is 0 Å². The van der Waals surface area contributed by atoms with Crippen LogP contribution in [0.1, 0.15) is 32.6 Å². The summed E-state index contributed by atoms with van der Waals surface area (Å²) in [6.07, 6.45) is 5.85. The summed E-state index contributed by atoms with van der Waals surface area (Å²) < 4.78 is 0. The van der Waals surface area contributed by atoms with E-state index < -0.39 is 0 Å². The van der Waals surface area contributed by atoms with Crippen LogP contribution in [0.25, 0.3) is 0 Å². The van der Waals surface area contributed by atoms with Crippen molar-refractivity contribution in [3.63, 3.8) is 0 Å². The minimum absolute atomic E-state index is 0.929. The van der Waals surface area contributed by atoms with Crippen LogP contribution in [0.3, 0.4) is 0 Å². The van der Waals surface area contributed by atoms with Gasteiger partial charge in [-0.2, -0.15) is 0 Å². The molecular weight excluding hydrogens is 122 g/mol. The highest BCUT2D eigenvalue weighted by molar-refractivity contribution is 4.92. The van der Waals surface area contributed by atoms with E-state index in [0.29, 0.717) is 0 Å². The summed E-state index contributed by atoms with van der Waals surface area (Å²) in [7, 11) is 2.30. The topological polar surface area (TPSA) is 3.24 Å². The molecule has 0 saturated carbocycles. The van der Waals surface area contributed by atoms with Crippen LogP contribution in [-0.4, -0.2) is 24.0 Å². The van der Waals surface area contributed by atoms with E-state index in [1.54, 1.807) is 0 Å².